The first kappa shape index (κ1) is 13.4. The largest absolute Gasteiger partial charge is 0.416 e. The number of aryl methyl sites for hydroxylation is 1. The molecule has 1 aliphatic rings. The average Bonchev–Trinajstić information content (AvgIpc) is 3.19. The fraction of sp³-hybridized carbons (Fsp3) is 0.538. The van der Waals surface area contributed by atoms with Crippen LogP contribution >= 0.6 is 11.8 Å². The summed E-state index contributed by atoms with van der Waals surface area (Å²) in [5, 5.41) is 12.6. The molecule has 7 heteroatoms. The van der Waals surface area contributed by atoms with Crippen molar-refractivity contribution in [3.05, 3.63) is 17.3 Å². The minimum atomic E-state index is 0.511. The first-order chi connectivity index (χ1) is 9.67. The van der Waals surface area contributed by atoms with Crippen molar-refractivity contribution < 1.29 is 4.42 Å². The van der Waals surface area contributed by atoms with Crippen molar-refractivity contribution in [2.45, 2.75) is 49.8 Å². The summed E-state index contributed by atoms with van der Waals surface area (Å²) < 4.78 is 5.42. The van der Waals surface area contributed by atoms with Crippen molar-refractivity contribution >= 4 is 17.6 Å². The molecular weight excluding hydrogens is 274 g/mol. The zero-order valence-corrected chi connectivity index (χ0v) is 12.6. The minimum absolute atomic E-state index is 0.511. The molecule has 6 nitrogen and oxygen atoms in total. The maximum atomic E-state index is 5.42. The van der Waals surface area contributed by atoms with Crippen LogP contribution in [0.15, 0.2) is 14.7 Å². The topological polar surface area (TPSA) is 76.7 Å². The third-order valence-corrected chi connectivity index (χ3v) is 4.03. The van der Waals surface area contributed by atoms with E-state index in [1.807, 2.05) is 6.92 Å². The van der Waals surface area contributed by atoms with Gasteiger partial charge in [0.25, 0.3) is 5.22 Å². The van der Waals surface area contributed by atoms with Crippen LogP contribution in [-0.4, -0.2) is 26.7 Å². The lowest BCUT2D eigenvalue weighted by atomic mass is 10.3. The standard InChI is InChI=1S/C13H17N5OS/c1-4-14-10-7(2)12(16-11(15-10)9-5-6-9)20-13-18-17-8(3)19-13/h9H,4-6H2,1-3H3,(H,14,15,16). The van der Waals surface area contributed by atoms with E-state index >= 15 is 0 Å². The Balaban J connectivity index is 1.94. The minimum Gasteiger partial charge on any atom is -0.416 e. The highest BCUT2D eigenvalue weighted by Crippen LogP contribution is 2.40. The van der Waals surface area contributed by atoms with Gasteiger partial charge in [-0.3, -0.25) is 0 Å². The molecule has 1 saturated carbocycles. The van der Waals surface area contributed by atoms with Gasteiger partial charge < -0.3 is 9.73 Å². The Morgan fingerprint density at radius 3 is 2.65 bits per heavy atom. The van der Waals surface area contributed by atoms with Crippen LogP contribution < -0.4 is 5.32 Å². The van der Waals surface area contributed by atoms with Crippen LogP contribution in [0, 0.1) is 13.8 Å². The molecule has 0 aliphatic heterocycles. The van der Waals surface area contributed by atoms with Gasteiger partial charge in [0.05, 0.1) is 0 Å². The Kier molecular flexibility index (Phi) is 3.60. The molecule has 2 heterocycles. The molecule has 1 fully saturated rings. The third kappa shape index (κ3) is 2.77. The average molecular weight is 291 g/mol. The summed E-state index contributed by atoms with van der Waals surface area (Å²) in [5.41, 5.74) is 1.03. The number of hydrogen-bond acceptors (Lipinski definition) is 7. The maximum Gasteiger partial charge on any atom is 0.282 e. The summed E-state index contributed by atoms with van der Waals surface area (Å²) in [6, 6.07) is 0. The molecule has 0 atom stereocenters. The summed E-state index contributed by atoms with van der Waals surface area (Å²) in [6.07, 6.45) is 2.36. The summed E-state index contributed by atoms with van der Waals surface area (Å²) >= 11 is 1.40. The van der Waals surface area contributed by atoms with Gasteiger partial charge in [-0.2, -0.15) is 0 Å². The molecule has 0 radical (unpaired) electrons. The SMILES string of the molecule is CCNc1nc(C2CC2)nc(Sc2nnc(C)o2)c1C. The van der Waals surface area contributed by atoms with E-state index in [1.165, 1.54) is 24.6 Å². The second-order valence-corrected chi connectivity index (χ2v) is 5.79. The van der Waals surface area contributed by atoms with Gasteiger partial charge in [0.2, 0.25) is 5.89 Å². The highest BCUT2D eigenvalue weighted by Gasteiger charge is 2.28. The van der Waals surface area contributed by atoms with Crippen LogP contribution in [0.2, 0.25) is 0 Å². The second kappa shape index (κ2) is 5.40. The lowest BCUT2D eigenvalue weighted by Gasteiger charge is -2.11. The van der Waals surface area contributed by atoms with Gasteiger partial charge in [0.15, 0.2) is 0 Å². The van der Waals surface area contributed by atoms with Crippen LogP contribution in [0.5, 0.6) is 0 Å². The molecule has 2 aromatic rings. The van der Waals surface area contributed by atoms with Crippen LogP contribution in [0.1, 0.15) is 43.0 Å². The molecule has 1 N–H and O–H groups in total. The predicted octanol–water partition coefficient (Wildman–Crippen LogP) is 2.94. The molecule has 0 unspecified atom stereocenters. The van der Waals surface area contributed by atoms with Gasteiger partial charge in [-0.25, -0.2) is 9.97 Å². The second-order valence-electron chi connectivity index (χ2n) is 4.85. The molecular formula is C13H17N5OS. The van der Waals surface area contributed by atoms with E-state index in [-0.39, 0.29) is 0 Å². The third-order valence-electron chi connectivity index (χ3n) is 3.10. The number of aromatic nitrogens is 4. The maximum absolute atomic E-state index is 5.42. The highest BCUT2D eigenvalue weighted by atomic mass is 32.2. The molecule has 0 bridgehead atoms. The van der Waals surface area contributed by atoms with Crippen molar-refractivity contribution in [3.63, 3.8) is 0 Å². The molecule has 0 amide bonds. The molecule has 20 heavy (non-hydrogen) atoms. The molecule has 0 saturated heterocycles. The molecule has 3 rings (SSSR count). The van der Waals surface area contributed by atoms with E-state index in [4.69, 9.17) is 4.42 Å². The predicted molar refractivity (Wildman–Crippen MR) is 76.1 cm³/mol. The lowest BCUT2D eigenvalue weighted by Crippen LogP contribution is -2.07. The molecule has 2 aromatic heterocycles. The number of hydrogen-bond donors (Lipinski definition) is 1. The van der Waals surface area contributed by atoms with Gasteiger partial charge in [-0.1, -0.05) is 0 Å². The van der Waals surface area contributed by atoms with Gasteiger partial charge in [-0.15, -0.1) is 10.2 Å². The molecule has 106 valence electrons. The van der Waals surface area contributed by atoms with Crippen molar-refractivity contribution in [2.24, 2.45) is 0 Å². The van der Waals surface area contributed by atoms with E-state index in [0.29, 0.717) is 17.0 Å². The zero-order chi connectivity index (χ0) is 14.1. The Bertz CT molecular complexity index is 623. The zero-order valence-electron chi connectivity index (χ0n) is 11.8. The van der Waals surface area contributed by atoms with Gasteiger partial charge in [0, 0.05) is 24.9 Å². The monoisotopic (exact) mass is 291 g/mol. The number of anilines is 1. The van der Waals surface area contributed by atoms with Crippen molar-refractivity contribution in [1.82, 2.24) is 20.2 Å². The Hall–Kier alpha value is -1.63. The summed E-state index contributed by atoms with van der Waals surface area (Å²) in [5.74, 6) is 2.90. The molecule has 1 aliphatic carbocycles. The first-order valence-corrected chi connectivity index (χ1v) is 7.59. The van der Waals surface area contributed by atoms with E-state index in [2.05, 4.69) is 32.4 Å². The fourth-order valence-corrected chi connectivity index (χ4v) is 2.68. The Morgan fingerprint density at radius 2 is 2.05 bits per heavy atom. The number of rotatable bonds is 5. The van der Waals surface area contributed by atoms with Crippen LogP contribution in [-0.2, 0) is 0 Å². The van der Waals surface area contributed by atoms with Crippen LogP contribution in [0.4, 0.5) is 5.82 Å². The lowest BCUT2D eigenvalue weighted by molar-refractivity contribution is 0.429. The van der Waals surface area contributed by atoms with Gasteiger partial charge in [0.1, 0.15) is 16.7 Å². The van der Waals surface area contributed by atoms with Crippen molar-refractivity contribution in [1.29, 1.82) is 0 Å². The van der Waals surface area contributed by atoms with Crippen LogP contribution in [0.3, 0.4) is 0 Å². The van der Waals surface area contributed by atoms with E-state index in [9.17, 15) is 0 Å². The normalized spacial score (nSPS) is 14.6. The number of nitrogens with zero attached hydrogens (tertiary/aromatic N) is 4. The van der Waals surface area contributed by atoms with E-state index in [1.54, 1.807) is 6.92 Å². The van der Waals surface area contributed by atoms with E-state index in [0.717, 1.165) is 28.8 Å². The number of nitrogens with one attached hydrogen (secondary N) is 1. The van der Waals surface area contributed by atoms with Crippen LogP contribution in [0.25, 0.3) is 0 Å². The summed E-state index contributed by atoms with van der Waals surface area (Å²) in [4.78, 5) is 9.30. The van der Waals surface area contributed by atoms with Gasteiger partial charge in [-0.05, 0) is 38.5 Å². The summed E-state index contributed by atoms with van der Waals surface area (Å²) in [6.45, 7) is 6.70. The quantitative estimate of drug-likeness (QED) is 0.848. The first-order valence-electron chi connectivity index (χ1n) is 6.77. The summed E-state index contributed by atoms with van der Waals surface area (Å²) in [7, 11) is 0. The van der Waals surface area contributed by atoms with Gasteiger partial charge >= 0.3 is 0 Å². The molecule has 0 aromatic carbocycles. The Labute approximate surface area is 121 Å². The highest BCUT2D eigenvalue weighted by molar-refractivity contribution is 7.99. The fourth-order valence-electron chi connectivity index (χ4n) is 1.88. The van der Waals surface area contributed by atoms with E-state index < -0.39 is 0 Å². The Morgan fingerprint density at radius 1 is 1.25 bits per heavy atom. The van der Waals surface area contributed by atoms with Crippen molar-refractivity contribution in [3.8, 4) is 0 Å². The smallest absolute Gasteiger partial charge is 0.282 e. The van der Waals surface area contributed by atoms with Crippen molar-refractivity contribution in [2.75, 3.05) is 11.9 Å². The molecule has 0 spiro atoms.